The van der Waals surface area contributed by atoms with E-state index in [9.17, 15) is 4.79 Å². The summed E-state index contributed by atoms with van der Waals surface area (Å²) >= 11 is 3.55. The molecule has 1 aliphatic rings. The topological polar surface area (TPSA) is 26.3 Å². The second kappa shape index (κ2) is 5.51. The first kappa shape index (κ1) is 15.6. The Balaban J connectivity index is 2.08. The molecule has 3 heteroatoms. The average molecular weight is 339 g/mol. The van der Waals surface area contributed by atoms with E-state index in [0.717, 1.165) is 30.2 Å². The van der Waals surface area contributed by atoms with Gasteiger partial charge in [-0.15, -0.1) is 0 Å². The zero-order chi connectivity index (χ0) is 15.0. The van der Waals surface area contributed by atoms with Crippen LogP contribution in [0.25, 0.3) is 0 Å². The van der Waals surface area contributed by atoms with Gasteiger partial charge in [-0.25, -0.2) is 0 Å². The summed E-state index contributed by atoms with van der Waals surface area (Å²) in [5.74, 6) is -0.0268. The summed E-state index contributed by atoms with van der Waals surface area (Å²) in [7, 11) is 0. The van der Waals surface area contributed by atoms with E-state index in [-0.39, 0.29) is 17.0 Å². The quantitative estimate of drug-likeness (QED) is 0.720. The van der Waals surface area contributed by atoms with Crippen molar-refractivity contribution in [3.05, 3.63) is 33.8 Å². The van der Waals surface area contributed by atoms with Gasteiger partial charge >= 0.3 is 5.97 Å². The predicted molar refractivity (Wildman–Crippen MR) is 84.7 cm³/mol. The maximum atomic E-state index is 12.4. The van der Waals surface area contributed by atoms with Gasteiger partial charge in [0, 0.05) is 4.47 Å². The van der Waals surface area contributed by atoms with E-state index in [1.807, 2.05) is 20.8 Å². The third-order valence-electron chi connectivity index (χ3n) is 4.29. The lowest BCUT2D eigenvalue weighted by atomic mass is 9.95. The van der Waals surface area contributed by atoms with Crippen LogP contribution in [-0.2, 0) is 16.0 Å². The third-order valence-corrected chi connectivity index (χ3v) is 5.14. The Morgan fingerprint density at radius 2 is 2.05 bits per heavy atom. The predicted octanol–water partition coefficient (Wildman–Crippen LogP) is 4.81. The molecule has 0 N–H and O–H groups in total. The minimum Gasteiger partial charge on any atom is -0.459 e. The number of hydrogen-bond acceptors (Lipinski definition) is 2. The van der Waals surface area contributed by atoms with Gasteiger partial charge in [0.1, 0.15) is 5.60 Å². The summed E-state index contributed by atoms with van der Waals surface area (Å²) in [5, 5.41) is 0. The summed E-state index contributed by atoms with van der Waals surface area (Å²) in [5.41, 5.74) is 1.78. The molecule has 0 saturated heterocycles. The van der Waals surface area contributed by atoms with Crippen LogP contribution < -0.4 is 0 Å². The minimum atomic E-state index is -0.361. The maximum Gasteiger partial charge on any atom is 0.312 e. The number of carbonyl (C=O) groups is 1. The van der Waals surface area contributed by atoms with Crippen molar-refractivity contribution in [2.24, 2.45) is 5.41 Å². The van der Waals surface area contributed by atoms with Crippen LogP contribution in [0.1, 0.15) is 51.2 Å². The standard InChI is InChI=1S/C17H23BrO2/c1-5-16(3,4)20-15(19)17(8-9-17)11-13-7-6-12(2)14(18)10-13/h6-7,10H,5,8-9,11H2,1-4H3. The second-order valence-corrected chi connectivity index (χ2v) is 7.40. The lowest BCUT2D eigenvalue weighted by Crippen LogP contribution is -2.32. The van der Waals surface area contributed by atoms with Crippen LogP contribution in [0.3, 0.4) is 0 Å². The number of carbonyl (C=O) groups excluding carboxylic acids is 1. The highest BCUT2D eigenvalue weighted by atomic mass is 79.9. The highest BCUT2D eigenvalue weighted by Crippen LogP contribution is 2.50. The van der Waals surface area contributed by atoms with Gasteiger partial charge in [-0.3, -0.25) is 4.79 Å². The highest BCUT2D eigenvalue weighted by Gasteiger charge is 2.52. The molecule has 1 aliphatic carbocycles. The molecule has 0 unspecified atom stereocenters. The summed E-state index contributed by atoms with van der Waals surface area (Å²) in [6.07, 6.45) is 3.50. The Morgan fingerprint density at radius 3 is 2.55 bits per heavy atom. The molecule has 0 aromatic heterocycles. The fourth-order valence-electron chi connectivity index (χ4n) is 2.17. The van der Waals surface area contributed by atoms with Gasteiger partial charge < -0.3 is 4.74 Å². The number of halogens is 1. The molecule has 1 saturated carbocycles. The van der Waals surface area contributed by atoms with Crippen LogP contribution in [0.5, 0.6) is 0 Å². The molecule has 0 bridgehead atoms. The van der Waals surface area contributed by atoms with Crippen molar-refractivity contribution >= 4 is 21.9 Å². The summed E-state index contributed by atoms with van der Waals surface area (Å²) in [6.45, 7) is 8.07. The van der Waals surface area contributed by atoms with Crippen LogP contribution in [0.2, 0.25) is 0 Å². The van der Waals surface area contributed by atoms with Crippen molar-refractivity contribution in [2.75, 3.05) is 0 Å². The number of esters is 1. The summed E-state index contributed by atoms with van der Waals surface area (Å²) in [6, 6.07) is 6.32. The van der Waals surface area contributed by atoms with E-state index in [1.165, 1.54) is 11.1 Å². The van der Waals surface area contributed by atoms with Crippen molar-refractivity contribution in [1.82, 2.24) is 0 Å². The molecule has 0 spiro atoms. The van der Waals surface area contributed by atoms with Crippen molar-refractivity contribution < 1.29 is 9.53 Å². The number of aryl methyl sites for hydroxylation is 1. The minimum absolute atomic E-state index is 0.0268. The summed E-state index contributed by atoms with van der Waals surface area (Å²) in [4.78, 5) is 12.4. The summed E-state index contributed by atoms with van der Waals surface area (Å²) < 4.78 is 6.79. The fraction of sp³-hybridized carbons (Fsp3) is 0.588. The van der Waals surface area contributed by atoms with E-state index in [4.69, 9.17) is 4.74 Å². The van der Waals surface area contributed by atoms with Crippen LogP contribution in [0.15, 0.2) is 22.7 Å². The van der Waals surface area contributed by atoms with Crippen molar-refractivity contribution in [1.29, 1.82) is 0 Å². The third kappa shape index (κ3) is 3.43. The van der Waals surface area contributed by atoms with Gasteiger partial charge in [0.2, 0.25) is 0 Å². The van der Waals surface area contributed by atoms with Crippen LogP contribution in [-0.4, -0.2) is 11.6 Å². The molecule has 0 radical (unpaired) electrons. The first-order valence-corrected chi connectivity index (χ1v) is 8.06. The molecule has 110 valence electrons. The zero-order valence-corrected chi connectivity index (χ0v) is 14.3. The van der Waals surface area contributed by atoms with Gasteiger partial charge in [-0.2, -0.15) is 0 Å². The molecule has 1 fully saturated rings. The smallest absolute Gasteiger partial charge is 0.312 e. The van der Waals surface area contributed by atoms with Crippen LogP contribution in [0, 0.1) is 12.3 Å². The number of benzene rings is 1. The maximum absolute atomic E-state index is 12.4. The second-order valence-electron chi connectivity index (χ2n) is 6.54. The lowest BCUT2D eigenvalue weighted by molar-refractivity contribution is -0.163. The first-order chi connectivity index (χ1) is 9.28. The molecular formula is C17H23BrO2. The van der Waals surface area contributed by atoms with Crippen LogP contribution >= 0.6 is 15.9 Å². The number of rotatable bonds is 5. The van der Waals surface area contributed by atoms with E-state index in [1.54, 1.807) is 0 Å². The molecule has 1 aromatic rings. The number of hydrogen-bond donors (Lipinski definition) is 0. The Hall–Kier alpha value is -0.830. The van der Waals surface area contributed by atoms with Crippen LogP contribution in [0.4, 0.5) is 0 Å². The van der Waals surface area contributed by atoms with E-state index in [0.29, 0.717) is 0 Å². The Bertz CT molecular complexity index is 516. The first-order valence-electron chi connectivity index (χ1n) is 7.26. The number of ether oxygens (including phenoxy) is 1. The SMILES string of the molecule is CCC(C)(C)OC(=O)C1(Cc2ccc(C)c(Br)c2)CC1. The largest absolute Gasteiger partial charge is 0.459 e. The van der Waals surface area contributed by atoms with Crippen molar-refractivity contribution in [3.63, 3.8) is 0 Å². The van der Waals surface area contributed by atoms with E-state index >= 15 is 0 Å². The lowest BCUT2D eigenvalue weighted by Gasteiger charge is -2.26. The molecule has 0 amide bonds. The monoisotopic (exact) mass is 338 g/mol. The van der Waals surface area contributed by atoms with Crippen molar-refractivity contribution in [2.45, 2.75) is 59.0 Å². The molecule has 20 heavy (non-hydrogen) atoms. The molecule has 1 aromatic carbocycles. The Morgan fingerprint density at radius 1 is 1.40 bits per heavy atom. The van der Waals surface area contributed by atoms with Gasteiger partial charge in [0.25, 0.3) is 0 Å². The average Bonchev–Trinajstić information content (AvgIpc) is 3.14. The van der Waals surface area contributed by atoms with Crippen molar-refractivity contribution in [3.8, 4) is 0 Å². The van der Waals surface area contributed by atoms with Gasteiger partial charge in [0.05, 0.1) is 5.41 Å². The van der Waals surface area contributed by atoms with Gasteiger partial charge in [-0.1, -0.05) is 35.0 Å². The Kier molecular flexibility index (Phi) is 4.29. The van der Waals surface area contributed by atoms with E-state index in [2.05, 4.69) is 41.1 Å². The molecule has 0 aliphatic heterocycles. The highest BCUT2D eigenvalue weighted by molar-refractivity contribution is 9.10. The molecule has 2 rings (SSSR count). The fourth-order valence-corrected chi connectivity index (χ4v) is 2.60. The van der Waals surface area contributed by atoms with Gasteiger partial charge in [-0.05, 0) is 63.6 Å². The Labute approximate surface area is 130 Å². The van der Waals surface area contributed by atoms with Gasteiger partial charge in [0.15, 0.2) is 0 Å². The molecule has 0 atom stereocenters. The zero-order valence-electron chi connectivity index (χ0n) is 12.8. The normalized spacial score (nSPS) is 16.9. The molecule has 0 heterocycles. The molecule has 2 nitrogen and oxygen atoms in total. The van der Waals surface area contributed by atoms with E-state index < -0.39 is 0 Å². The molecular weight excluding hydrogens is 316 g/mol.